The van der Waals surface area contributed by atoms with Crippen LogP contribution in [0.15, 0.2) is 11.4 Å². The minimum atomic E-state index is 0.398. The normalized spacial score (nSPS) is 18.7. The summed E-state index contributed by atoms with van der Waals surface area (Å²) in [6, 6.07) is 2.65. The second-order valence-electron chi connectivity index (χ2n) is 5.13. The molecule has 102 valence electrons. The average Bonchev–Trinajstić information content (AvgIpc) is 2.95. The molecule has 2 aromatic rings. The third kappa shape index (κ3) is 1.88. The average molecular weight is 276 g/mol. The van der Waals surface area contributed by atoms with Gasteiger partial charge in [0.1, 0.15) is 5.82 Å². The minimum Gasteiger partial charge on any atom is -0.349 e. The Morgan fingerprint density at radius 2 is 2.32 bits per heavy atom. The molecule has 5 heteroatoms. The minimum absolute atomic E-state index is 0.398. The van der Waals surface area contributed by atoms with Crippen LogP contribution in [0, 0.1) is 6.92 Å². The summed E-state index contributed by atoms with van der Waals surface area (Å²) >= 11 is 1.87. The Kier molecular flexibility index (Phi) is 3.11. The zero-order chi connectivity index (χ0) is 13.6. The van der Waals surface area contributed by atoms with Crippen LogP contribution >= 0.6 is 11.3 Å². The van der Waals surface area contributed by atoms with Crippen LogP contribution in [0.2, 0.25) is 0 Å². The summed E-state index contributed by atoms with van der Waals surface area (Å²) in [4.78, 5) is 3.97. The number of anilines is 1. The van der Waals surface area contributed by atoms with Crippen LogP contribution in [0.1, 0.15) is 34.7 Å². The van der Waals surface area contributed by atoms with Crippen molar-refractivity contribution in [3.63, 3.8) is 0 Å². The molecule has 1 unspecified atom stereocenters. The molecule has 19 heavy (non-hydrogen) atoms. The molecule has 0 bridgehead atoms. The second-order valence-corrected chi connectivity index (χ2v) is 6.13. The number of nitrogens with two attached hydrogens (primary N) is 1. The van der Waals surface area contributed by atoms with E-state index in [2.05, 4.69) is 28.4 Å². The van der Waals surface area contributed by atoms with Crippen LogP contribution in [0.5, 0.6) is 0 Å². The van der Waals surface area contributed by atoms with Crippen molar-refractivity contribution in [1.29, 1.82) is 0 Å². The molecule has 0 radical (unpaired) electrons. The SMILES string of the molecule is Cc1nn(C)c(N2CCc3sccc3C2C)c1CN. The first kappa shape index (κ1) is 12.7. The fourth-order valence-corrected chi connectivity index (χ4v) is 4.05. The molecule has 0 aliphatic carbocycles. The smallest absolute Gasteiger partial charge is 0.131 e. The van der Waals surface area contributed by atoms with E-state index in [-0.39, 0.29) is 0 Å². The van der Waals surface area contributed by atoms with E-state index in [1.807, 2.05) is 30.0 Å². The van der Waals surface area contributed by atoms with Gasteiger partial charge in [-0.05, 0) is 37.3 Å². The Morgan fingerprint density at radius 1 is 1.53 bits per heavy atom. The summed E-state index contributed by atoms with van der Waals surface area (Å²) in [5.74, 6) is 1.18. The number of thiophene rings is 1. The lowest BCUT2D eigenvalue weighted by Crippen LogP contribution is -2.35. The summed E-state index contributed by atoms with van der Waals surface area (Å²) in [6.07, 6.45) is 1.12. The van der Waals surface area contributed by atoms with Crippen molar-refractivity contribution >= 4 is 17.2 Å². The standard InChI is InChI=1S/C14H20N4S/c1-9-12(8-15)14(17(3)16-9)18-6-4-13-11(10(18)2)5-7-19-13/h5,7,10H,4,6,8,15H2,1-3H3. The van der Waals surface area contributed by atoms with Gasteiger partial charge in [-0.25, -0.2) is 0 Å². The molecule has 0 fully saturated rings. The monoisotopic (exact) mass is 276 g/mol. The molecule has 0 aromatic carbocycles. The van der Waals surface area contributed by atoms with Gasteiger partial charge in [-0.2, -0.15) is 5.10 Å². The van der Waals surface area contributed by atoms with Crippen LogP contribution in [-0.4, -0.2) is 16.3 Å². The molecular formula is C14H20N4S. The number of rotatable bonds is 2. The molecule has 1 aliphatic heterocycles. The van der Waals surface area contributed by atoms with Gasteiger partial charge in [0.15, 0.2) is 0 Å². The van der Waals surface area contributed by atoms with E-state index in [9.17, 15) is 0 Å². The lowest BCUT2D eigenvalue weighted by molar-refractivity contribution is 0.597. The van der Waals surface area contributed by atoms with Crippen molar-refractivity contribution in [3.8, 4) is 0 Å². The second kappa shape index (κ2) is 4.65. The summed E-state index contributed by atoms with van der Waals surface area (Å²) in [5, 5.41) is 6.73. The van der Waals surface area contributed by atoms with Crippen LogP contribution in [-0.2, 0) is 20.0 Å². The first-order valence-electron chi connectivity index (χ1n) is 6.69. The van der Waals surface area contributed by atoms with Gasteiger partial charge in [-0.1, -0.05) is 0 Å². The molecule has 3 heterocycles. The van der Waals surface area contributed by atoms with E-state index in [0.29, 0.717) is 12.6 Å². The van der Waals surface area contributed by atoms with Gasteiger partial charge in [0, 0.05) is 30.6 Å². The van der Waals surface area contributed by atoms with E-state index in [0.717, 1.165) is 18.7 Å². The lowest BCUT2D eigenvalue weighted by atomic mass is 10.0. The highest BCUT2D eigenvalue weighted by Gasteiger charge is 2.28. The van der Waals surface area contributed by atoms with Gasteiger partial charge in [-0.15, -0.1) is 11.3 Å². The van der Waals surface area contributed by atoms with Crippen molar-refractivity contribution in [1.82, 2.24) is 9.78 Å². The predicted octanol–water partition coefficient (Wildman–Crippen LogP) is 2.37. The topological polar surface area (TPSA) is 47.1 Å². The summed E-state index contributed by atoms with van der Waals surface area (Å²) < 4.78 is 1.98. The summed E-state index contributed by atoms with van der Waals surface area (Å²) in [7, 11) is 2.01. The van der Waals surface area contributed by atoms with Crippen molar-refractivity contribution in [2.45, 2.75) is 32.9 Å². The van der Waals surface area contributed by atoms with Gasteiger partial charge in [0.2, 0.25) is 0 Å². The van der Waals surface area contributed by atoms with Crippen molar-refractivity contribution < 1.29 is 0 Å². The zero-order valence-corrected chi connectivity index (χ0v) is 12.5. The fraction of sp³-hybridized carbons (Fsp3) is 0.500. The lowest BCUT2D eigenvalue weighted by Gasteiger charge is -2.36. The summed E-state index contributed by atoms with van der Waals surface area (Å²) in [6.45, 7) is 5.90. The molecule has 0 spiro atoms. The van der Waals surface area contributed by atoms with Gasteiger partial charge < -0.3 is 10.6 Å². The molecular weight excluding hydrogens is 256 g/mol. The van der Waals surface area contributed by atoms with E-state index in [1.165, 1.54) is 21.8 Å². The quantitative estimate of drug-likeness (QED) is 0.916. The molecule has 3 rings (SSSR count). The van der Waals surface area contributed by atoms with Crippen LogP contribution in [0.4, 0.5) is 5.82 Å². The van der Waals surface area contributed by atoms with Gasteiger partial charge >= 0.3 is 0 Å². The van der Waals surface area contributed by atoms with Crippen molar-refractivity contribution in [3.05, 3.63) is 33.1 Å². The third-order valence-corrected chi connectivity index (χ3v) is 5.06. The van der Waals surface area contributed by atoms with Gasteiger partial charge in [0.25, 0.3) is 0 Å². The molecule has 2 aromatic heterocycles. The van der Waals surface area contributed by atoms with Crippen molar-refractivity contribution in [2.75, 3.05) is 11.4 Å². The molecule has 0 amide bonds. The first-order valence-corrected chi connectivity index (χ1v) is 7.57. The molecule has 1 aliphatic rings. The first-order chi connectivity index (χ1) is 9.13. The maximum absolute atomic E-state index is 5.91. The maximum Gasteiger partial charge on any atom is 0.131 e. The van der Waals surface area contributed by atoms with Gasteiger partial charge in [-0.3, -0.25) is 4.68 Å². The molecule has 4 nitrogen and oxygen atoms in total. The highest BCUT2D eigenvalue weighted by molar-refractivity contribution is 7.10. The number of aromatic nitrogens is 2. The van der Waals surface area contributed by atoms with Crippen LogP contribution in [0.3, 0.4) is 0 Å². The number of fused-ring (bicyclic) bond motifs is 1. The number of aryl methyl sites for hydroxylation is 2. The maximum atomic E-state index is 5.91. The summed E-state index contributed by atoms with van der Waals surface area (Å²) in [5.41, 5.74) is 9.59. The molecule has 1 atom stereocenters. The predicted molar refractivity (Wildman–Crippen MR) is 79.6 cm³/mol. The van der Waals surface area contributed by atoms with E-state index >= 15 is 0 Å². The zero-order valence-electron chi connectivity index (χ0n) is 11.7. The molecule has 0 saturated carbocycles. The van der Waals surface area contributed by atoms with E-state index in [4.69, 9.17) is 5.73 Å². The Labute approximate surface area is 117 Å². The third-order valence-electron chi connectivity index (χ3n) is 4.07. The Morgan fingerprint density at radius 3 is 3.05 bits per heavy atom. The Hall–Kier alpha value is -1.33. The van der Waals surface area contributed by atoms with Crippen molar-refractivity contribution in [2.24, 2.45) is 12.8 Å². The van der Waals surface area contributed by atoms with Gasteiger partial charge in [0.05, 0.1) is 11.7 Å². The van der Waals surface area contributed by atoms with Crippen LogP contribution in [0.25, 0.3) is 0 Å². The van der Waals surface area contributed by atoms with E-state index in [1.54, 1.807) is 0 Å². The Bertz CT molecular complexity index is 599. The highest BCUT2D eigenvalue weighted by atomic mass is 32.1. The van der Waals surface area contributed by atoms with E-state index < -0.39 is 0 Å². The van der Waals surface area contributed by atoms with Crippen LogP contribution < -0.4 is 10.6 Å². The molecule has 0 saturated heterocycles. The Balaban J connectivity index is 2.05. The number of nitrogens with zero attached hydrogens (tertiary/aromatic N) is 3. The fourth-order valence-electron chi connectivity index (χ4n) is 3.09. The molecule has 2 N–H and O–H groups in total. The number of hydrogen-bond donors (Lipinski definition) is 1. The highest BCUT2D eigenvalue weighted by Crippen LogP contribution is 2.37. The largest absolute Gasteiger partial charge is 0.349 e. The number of hydrogen-bond acceptors (Lipinski definition) is 4.